The van der Waals surface area contributed by atoms with Crippen LogP contribution in [0.2, 0.25) is 0 Å². The molecule has 0 radical (unpaired) electrons. The zero-order chi connectivity index (χ0) is 21.7. The van der Waals surface area contributed by atoms with E-state index in [1.165, 1.54) is 6.07 Å². The third-order valence-electron chi connectivity index (χ3n) is 5.02. The third-order valence-corrected chi connectivity index (χ3v) is 5.02. The summed E-state index contributed by atoms with van der Waals surface area (Å²) in [5.74, 6) is 1.93. The van der Waals surface area contributed by atoms with Crippen LogP contribution in [0.4, 0.5) is 4.39 Å². The van der Waals surface area contributed by atoms with Crippen LogP contribution >= 0.6 is 0 Å². The number of hydrogen-bond acceptors (Lipinski definition) is 4. The van der Waals surface area contributed by atoms with Gasteiger partial charge in [-0.3, -0.25) is 4.79 Å². The first kappa shape index (κ1) is 21.4. The van der Waals surface area contributed by atoms with Gasteiger partial charge in [0.1, 0.15) is 17.3 Å². The van der Waals surface area contributed by atoms with Crippen molar-refractivity contribution in [1.29, 1.82) is 0 Å². The molecule has 0 fully saturated rings. The predicted octanol–water partition coefficient (Wildman–Crippen LogP) is 5.22. The fourth-order valence-electron chi connectivity index (χ4n) is 3.41. The van der Waals surface area contributed by atoms with E-state index in [0.29, 0.717) is 35.0 Å². The van der Waals surface area contributed by atoms with Crippen molar-refractivity contribution in [1.82, 2.24) is 5.32 Å². The number of benzene rings is 2. The Labute approximate surface area is 175 Å². The second kappa shape index (κ2) is 9.48. The summed E-state index contributed by atoms with van der Waals surface area (Å²) in [6, 6.07) is 13.5. The number of carbonyl (C=O) groups excluding carboxylic acids is 1. The van der Waals surface area contributed by atoms with E-state index in [0.717, 1.165) is 11.1 Å². The van der Waals surface area contributed by atoms with Gasteiger partial charge in [-0.2, -0.15) is 0 Å². The molecular formula is C24H26FNO4. The Balaban J connectivity index is 1.61. The number of halogens is 1. The highest BCUT2D eigenvalue weighted by molar-refractivity contribution is 5.76. The minimum atomic E-state index is -0.338. The first-order valence-corrected chi connectivity index (χ1v) is 9.78. The molecule has 1 aromatic heterocycles. The van der Waals surface area contributed by atoms with Gasteiger partial charge < -0.3 is 19.2 Å². The number of methoxy groups -OCH3 is 2. The number of amides is 1. The average Bonchev–Trinajstić information content (AvgIpc) is 3.21. The van der Waals surface area contributed by atoms with Crippen molar-refractivity contribution in [2.45, 2.75) is 32.7 Å². The van der Waals surface area contributed by atoms with Gasteiger partial charge in [0.25, 0.3) is 0 Å². The molecule has 0 aliphatic carbocycles. The molecule has 1 unspecified atom stereocenters. The second-order valence-electron chi connectivity index (χ2n) is 7.10. The van der Waals surface area contributed by atoms with E-state index in [1.54, 1.807) is 44.6 Å². The van der Waals surface area contributed by atoms with Gasteiger partial charge in [-0.15, -0.1) is 0 Å². The molecule has 0 aliphatic heterocycles. The Hall–Kier alpha value is -3.28. The average molecular weight is 411 g/mol. The van der Waals surface area contributed by atoms with Crippen molar-refractivity contribution in [3.05, 3.63) is 71.2 Å². The van der Waals surface area contributed by atoms with E-state index in [1.807, 2.05) is 26.0 Å². The van der Waals surface area contributed by atoms with Crippen molar-refractivity contribution >= 4 is 5.91 Å². The second-order valence-corrected chi connectivity index (χ2v) is 7.10. The first-order chi connectivity index (χ1) is 14.4. The normalized spacial score (nSPS) is 11.8. The Kier molecular flexibility index (Phi) is 6.77. The molecule has 0 saturated carbocycles. The highest BCUT2D eigenvalue weighted by Crippen LogP contribution is 2.33. The van der Waals surface area contributed by atoms with Crippen LogP contribution in [-0.2, 0) is 11.2 Å². The topological polar surface area (TPSA) is 60.7 Å². The fraction of sp³-hybridized carbons (Fsp3) is 0.292. The summed E-state index contributed by atoms with van der Waals surface area (Å²) in [6.07, 6.45) is 0.693. The number of carbonyl (C=O) groups is 1. The lowest BCUT2D eigenvalue weighted by Crippen LogP contribution is -2.27. The molecule has 3 aromatic rings. The highest BCUT2D eigenvalue weighted by Gasteiger charge is 2.16. The van der Waals surface area contributed by atoms with Crippen molar-refractivity contribution < 1.29 is 23.1 Å². The molecule has 0 bridgehead atoms. The Morgan fingerprint density at radius 1 is 1.10 bits per heavy atom. The van der Waals surface area contributed by atoms with Crippen LogP contribution in [0, 0.1) is 12.7 Å². The molecule has 3 rings (SSSR count). The Bertz CT molecular complexity index is 1030. The minimum Gasteiger partial charge on any atom is -0.493 e. The zero-order valence-corrected chi connectivity index (χ0v) is 17.6. The molecule has 158 valence electrons. The van der Waals surface area contributed by atoms with E-state index >= 15 is 0 Å². The van der Waals surface area contributed by atoms with Gasteiger partial charge in [0.15, 0.2) is 11.5 Å². The summed E-state index contributed by atoms with van der Waals surface area (Å²) in [5.41, 5.74) is 2.37. The first-order valence-electron chi connectivity index (χ1n) is 9.78. The molecule has 1 atom stereocenters. The number of rotatable bonds is 8. The van der Waals surface area contributed by atoms with Gasteiger partial charge in [0.05, 0.1) is 25.8 Å². The van der Waals surface area contributed by atoms with Crippen LogP contribution in [0.1, 0.15) is 36.3 Å². The molecular weight excluding hydrogens is 385 g/mol. The molecule has 0 saturated heterocycles. The van der Waals surface area contributed by atoms with Crippen LogP contribution in [0.3, 0.4) is 0 Å². The van der Waals surface area contributed by atoms with E-state index in [9.17, 15) is 9.18 Å². The standard InChI is InChI=1S/C24H26FNO4/c1-15-13-22(28-3)23(29-4)14-19(15)16(2)26-24(27)12-10-17-9-11-21(30-17)18-7-5-6-8-20(18)25/h5-9,11,13-14,16H,10,12H2,1-4H3,(H,26,27). The van der Waals surface area contributed by atoms with E-state index < -0.39 is 0 Å². The van der Waals surface area contributed by atoms with Gasteiger partial charge in [0, 0.05) is 12.8 Å². The maximum atomic E-state index is 13.9. The summed E-state index contributed by atoms with van der Waals surface area (Å²) in [5, 5.41) is 3.01. The van der Waals surface area contributed by atoms with Crippen molar-refractivity contribution in [2.75, 3.05) is 14.2 Å². The monoisotopic (exact) mass is 411 g/mol. The van der Waals surface area contributed by atoms with Crippen LogP contribution in [0.25, 0.3) is 11.3 Å². The third kappa shape index (κ3) is 4.82. The summed E-state index contributed by atoms with van der Waals surface area (Å²) < 4.78 is 30.3. The lowest BCUT2D eigenvalue weighted by molar-refractivity contribution is -0.121. The summed E-state index contributed by atoms with van der Waals surface area (Å²) >= 11 is 0. The molecule has 6 heteroatoms. The van der Waals surface area contributed by atoms with E-state index in [-0.39, 0.29) is 24.2 Å². The molecule has 1 amide bonds. The van der Waals surface area contributed by atoms with Gasteiger partial charge in [-0.25, -0.2) is 4.39 Å². The number of nitrogens with one attached hydrogen (secondary N) is 1. The molecule has 1 heterocycles. The largest absolute Gasteiger partial charge is 0.493 e. The quantitative estimate of drug-likeness (QED) is 0.552. The number of ether oxygens (including phenoxy) is 2. The number of aryl methyl sites for hydroxylation is 2. The SMILES string of the molecule is COc1cc(C)c(C(C)NC(=O)CCc2ccc(-c3ccccc3F)o2)cc1OC. The molecule has 5 nitrogen and oxygen atoms in total. The molecule has 2 aromatic carbocycles. The maximum Gasteiger partial charge on any atom is 0.220 e. The van der Waals surface area contributed by atoms with E-state index in [4.69, 9.17) is 13.9 Å². The van der Waals surface area contributed by atoms with Crippen LogP contribution in [0.15, 0.2) is 52.9 Å². The Morgan fingerprint density at radius 2 is 1.80 bits per heavy atom. The van der Waals surface area contributed by atoms with Crippen LogP contribution in [-0.4, -0.2) is 20.1 Å². The van der Waals surface area contributed by atoms with Crippen molar-refractivity contribution in [3.63, 3.8) is 0 Å². The van der Waals surface area contributed by atoms with Crippen LogP contribution in [0.5, 0.6) is 11.5 Å². The van der Waals surface area contributed by atoms with Crippen LogP contribution < -0.4 is 14.8 Å². The van der Waals surface area contributed by atoms with Crippen molar-refractivity contribution in [3.8, 4) is 22.8 Å². The summed E-state index contributed by atoms with van der Waals surface area (Å²) in [7, 11) is 3.17. The summed E-state index contributed by atoms with van der Waals surface area (Å²) in [4.78, 5) is 12.5. The van der Waals surface area contributed by atoms with E-state index in [2.05, 4.69) is 5.32 Å². The van der Waals surface area contributed by atoms with Gasteiger partial charge in [0.2, 0.25) is 5.91 Å². The highest BCUT2D eigenvalue weighted by atomic mass is 19.1. The molecule has 0 aliphatic rings. The lowest BCUT2D eigenvalue weighted by Gasteiger charge is -2.19. The van der Waals surface area contributed by atoms with Gasteiger partial charge >= 0.3 is 0 Å². The summed E-state index contributed by atoms with van der Waals surface area (Å²) in [6.45, 7) is 3.89. The van der Waals surface area contributed by atoms with Crippen molar-refractivity contribution in [2.24, 2.45) is 0 Å². The zero-order valence-electron chi connectivity index (χ0n) is 17.6. The van der Waals surface area contributed by atoms with Gasteiger partial charge in [-0.1, -0.05) is 12.1 Å². The minimum absolute atomic E-state index is 0.0967. The maximum absolute atomic E-state index is 13.9. The predicted molar refractivity (Wildman–Crippen MR) is 113 cm³/mol. The number of hydrogen-bond donors (Lipinski definition) is 1. The molecule has 1 N–H and O–H groups in total. The smallest absolute Gasteiger partial charge is 0.220 e. The molecule has 0 spiro atoms. The Morgan fingerprint density at radius 3 is 2.50 bits per heavy atom. The fourth-order valence-corrected chi connectivity index (χ4v) is 3.41. The molecule has 30 heavy (non-hydrogen) atoms. The number of furan rings is 1. The lowest BCUT2D eigenvalue weighted by atomic mass is 10.0. The van der Waals surface area contributed by atoms with Gasteiger partial charge in [-0.05, 0) is 61.4 Å².